The largest absolute Gasteiger partial charge is 0.497 e. The third kappa shape index (κ3) is 5.39. The molecule has 142 valence electrons. The van der Waals surface area contributed by atoms with Crippen LogP contribution in [-0.2, 0) is 19.7 Å². The third-order valence-electron chi connectivity index (χ3n) is 4.05. The van der Waals surface area contributed by atoms with E-state index < -0.39 is 0 Å². The van der Waals surface area contributed by atoms with Crippen LogP contribution in [0.1, 0.15) is 16.0 Å². The van der Waals surface area contributed by atoms with Crippen molar-refractivity contribution in [1.29, 1.82) is 0 Å². The molecule has 3 aromatic rings. The molecule has 0 amide bonds. The number of benzene rings is 2. The molecule has 0 aliphatic rings. The van der Waals surface area contributed by atoms with Gasteiger partial charge in [-0.2, -0.15) is 0 Å². The highest BCUT2D eigenvalue weighted by Crippen LogP contribution is 2.37. The van der Waals surface area contributed by atoms with Gasteiger partial charge in [0.05, 0.1) is 19.2 Å². The molecule has 0 unspecified atom stereocenters. The highest BCUT2D eigenvalue weighted by atomic mass is 35.5. The van der Waals surface area contributed by atoms with Crippen molar-refractivity contribution in [2.45, 2.75) is 19.7 Å². The first-order valence-corrected chi connectivity index (χ1v) is 9.80. The summed E-state index contributed by atoms with van der Waals surface area (Å²) in [6, 6.07) is 15.9. The maximum Gasteiger partial charge on any atom is 0.180 e. The lowest BCUT2D eigenvalue weighted by Gasteiger charge is -2.14. The summed E-state index contributed by atoms with van der Waals surface area (Å²) >= 11 is 8.09. The van der Waals surface area contributed by atoms with Crippen molar-refractivity contribution in [2.24, 2.45) is 0 Å². The maximum absolute atomic E-state index is 6.44. The minimum Gasteiger partial charge on any atom is -0.497 e. The van der Waals surface area contributed by atoms with E-state index in [9.17, 15) is 0 Å². The van der Waals surface area contributed by atoms with Crippen LogP contribution in [0.15, 0.2) is 53.9 Å². The van der Waals surface area contributed by atoms with Gasteiger partial charge >= 0.3 is 0 Å². The number of rotatable bonds is 9. The molecule has 1 aromatic heterocycles. The van der Waals surface area contributed by atoms with Crippen molar-refractivity contribution < 1.29 is 14.2 Å². The minimum absolute atomic E-state index is 0.475. The molecular formula is C21H22ClNO3S. The van der Waals surface area contributed by atoms with Crippen LogP contribution in [0.3, 0.4) is 0 Å². The van der Waals surface area contributed by atoms with Gasteiger partial charge in [0, 0.05) is 18.0 Å². The highest BCUT2D eigenvalue weighted by molar-refractivity contribution is 7.09. The number of hydrogen-bond donors (Lipinski definition) is 1. The number of ether oxygens (including phenoxy) is 3. The quantitative estimate of drug-likeness (QED) is 0.527. The second-order valence-electron chi connectivity index (χ2n) is 5.93. The van der Waals surface area contributed by atoms with Crippen molar-refractivity contribution in [1.82, 2.24) is 5.32 Å². The van der Waals surface area contributed by atoms with Gasteiger partial charge in [0.2, 0.25) is 0 Å². The molecule has 1 heterocycles. The molecule has 27 heavy (non-hydrogen) atoms. The molecule has 1 N–H and O–H groups in total. The first-order chi connectivity index (χ1) is 13.2. The predicted octanol–water partition coefficient (Wildman–Crippen LogP) is 5.29. The molecule has 0 saturated carbocycles. The predicted molar refractivity (Wildman–Crippen MR) is 110 cm³/mol. The summed E-state index contributed by atoms with van der Waals surface area (Å²) in [6.45, 7) is 1.90. The normalized spacial score (nSPS) is 10.6. The van der Waals surface area contributed by atoms with Gasteiger partial charge < -0.3 is 19.5 Å². The Morgan fingerprint density at radius 2 is 1.74 bits per heavy atom. The van der Waals surface area contributed by atoms with Crippen LogP contribution in [0.2, 0.25) is 5.02 Å². The summed E-state index contributed by atoms with van der Waals surface area (Å²) in [5, 5.41) is 5.98. The van der Waals surface area contributed by atoms with Crippen LogP contribution in [0.5, 0.6) is 17.2 Å². The van der Waals surface area contributed by atoms with Gasteiger partial charge in [0.15, 0.2) is 11.5 Å². The van der Waals surface area contributed by atoms with Crippen molar-refractivity contribution in [2.75, 3.05) is 14.2 Å². The Morgan fingerprint density at radius 3 is 2.41 bits per heavy atom. The first kappa shape index (κ1) is 19.5. The van der Waals surface area contributed by atoms with Crippen molar-refractivity contribution in [3.8, 4) is 17.2 Å². The van der Waals surface area contributed by atoms with Crippen molar-refractivity contribution >= 4 is 22.9 Å². The van der Waals surface area contributed by atoms with Crippen molar-refractivity contribution in [3.05, 3.63) is 74.9 Å². The fourth-order valence-corrected chi connectivity index (χ4v) is 3.55. The van der Waals surface area contributed by atoms with Crippen molar-refractivity contribution in [3.63, 3.8) is 0 Å². The molecule has 0 fully saturated rings. The average Bonchev–Trinajstić information content (AvgIpc) is 3.21. The molecule has 0 atom stereocenters. The fraction of sp³-hybridized carbons (Fsp3) is 0.238. The smallest absolute Gasteiger partial charge is 0.180 e. The van der Waals surface area contributed by atoms with E-state index in [1.807, 2.05) is 53.9 Å². The van der Waals surface area contributed by atoms with Gasteiger partial charge in [0.1, 0.15) is 12.4 Å². The Bertz CT molecular complexity index is 851. The van der Waals surface area contributed by atoms with Crippen LogP contribution in [-0.4, -0.2) is 14.2 Å². The lowest BCUT2D eigenvalue weighted by molar-refractivity contribution is 0.287. The average molecular weight is 404 g/mol. The van der Waals surface area contributed by atoms with E-state index in [4.69, 9.17) is 25.8 Å². The zero-order valence-electron chi connectivity index (χ0n) is 15.3. The lowest BCUT2D eigenvalue weighted by atomic mass is 10.1. The summed E-state index contributed by atoms with van der Waals surface area (Å²) in [7, 11) is 3.29. The molecule has 0 aliphatic carbocycles. The molecule has 0 saturated heterocycles. The molecule has 0 radical (unpaired) electrons. The van der Waals surface area contributed by atoms with Crippen LogP contribution < -0.4 is 19.5 Å². The zero-order valence-corrected chi connectivity index (χ0v) is 16.9. The Balaban J connectivity index is 1.60. The van der Waals surface area contributed by atoms with Gasteiger partial charge in [-0.05, 0) is 46.8 Å². The molecule has 0 aliphatic heterocycles. The van der Waals surface area contributed by atoms with Crippen LogP contribution in [0.4, 0.5) is 0 Å². The van der Waals surface area contributed by atoms with E-state index in [1.54, 1.807) is 25.6 Å². The molecule has 0 spiro atoms. The van der Waals surface area contributed by atoms with Crippen LogP contribution >= 0.6 is 22.9 Å². The molecule has 3 rings (SSSR count). The van der Waals surface area contributed by atoms with E-state index in [0.29, 0.717) is 29.7 Å². The zero-order chi connectivity index (χ0) is 19.1. The SMILES string of the molecule is COc1ccc(CNCc2cc(Cl)c(OCc3cccs3)c(OC)c2)cc1. The maximum atomic E-state index is 6.44. The Labute approximate surface area is 168 Å². The second kappa shape index (κ2) is 9.65. The van der Waals surface area contributed by atoms with E-state index in [0.717, 1.165) is 22.7 Å². The fourth-order valence-electron chi connectivity index (χ4n) is 2.65. The van der Waals surface area contributed by atoms with E-state index in [-0.39, 0.29) is 0 Å². The number of halogens is 1. The number of nitrogens with one attached hydrogen (secondary N) is 1. The minimum atomic E-state index is 0.475. The Morgan fingerprint density at radius 1 is 0.963 bits per heavy atom. The monoisotopic (exact) mass is 403 g/mol. The highest BCUT2D eigenvalue weighted by Gasteiger charge is 2.12. The van der Waals surface area contributed by atoms with Gasteiger partial charge in [-0.15, -0.1) is 11.3 Å². The molecule has 0 bridgehead atoms. The Hall–Kier alpha value is -2.21. The molecule has 2 aromatic carbocycles. The van der Waals surface area contributed by atoms with E-state index in [2.05, 4.69) is 5.32 Å². The number of hydrogen-bond acceptors (Lipinski definition) is 5. The summed E-state index contributed by atoms with van der Waals surface area (Å²) < 4.78 is 16.5. The standard InChI is InChI=1S/C21H22ClNO3S/c1-24-17-7-5-15(6-8-17)12-23-13-16-10-19(22)21(20(11-16)25-2)26-14-18-4-3-9-27-18/h3-11,23H,12-14H2,1-2H3. The van der Waals surface area contributed by atoms with Crippen LogP contribution in [0.25, 0.3) is 0 Å². The molecular weight excluding hydrogens is 382 g/mol. The Kier molecular flexibility index (Phi) is 6.98. The van der Waals surface area contributed by atoms with Gasteiger partial charge in [-0.25, -0.2) is 0 Å². The molecule has 4 nitrogen and oxygen atoms in total. The molecule has 6 heteroatoms. The summed E-state index contributed by atoms with van der Waals surface area (Å²) in [4.78, 5) is 1.14. The first-order valence-electron chi connectivity index (χ1n) is 8.55. The summed E-state index contributed by atoms with van der Waals surface area (Å²) in [5.74, 6) is 2.07. The lowest BCUT2D eigenvalue weighted by Crippen LogP contribution is -2.13. The van der Waals surface area contributed by atoms with Gasteiger partial charge in [0.25, 0.3) is 0 Å². The van der Waals surface area contributed by atoms with Crippen LogP contribution in [0, 0.1) is 0 Å². The summed E-state index contributed by atoms with van der Waals surface area (Å²) in [6.07, 6.45) is 0. The topological polar surface area (TPSA) is 39.7 Å². The second-order valence-corrected chi connectivity index (χ2v) is 7.37. The third-order valence-corrected chi connectivity index (χ3v) is 5.18. The van der Waals surface area contributed by atoms with E-state index in [1.165, 1.54) is 5.56 Å². The van der Waals surface area contributed by atoms with E-state index >= 15 is 0 Å². The van der Waals surface area contributed by atoms with Gasteiger partial charge in [-0.3, -0.25) is 0 Å². The van der Waals surface area contributed by atoms with Gasteiger partial charge in [-0.1, -0.05) is 29.8 Å². The number of methoxy groups -OCH3 is 2. The summed E-state index contributed by atoms with van der Waals surface area (Å²) in [5.41, 5.74) is 2.22. The number of thiophene rings is 1.